The zero-order valence-corrected chi connectivity index (χ0v) is 16.3. The van der Waals surface area contributed by atoms with Crippen LogP contribution < -0.4 is 15.4 Å². The summed E-state index contributed by atoms with van der Waals surface area (Å²) in [6.45, 7) is 0. The lowest BCUT2D eigenvalue weighted by atomic mass is 10.2. The largest absolute Gasteiger partial charge is 0.431 e. The monoisotopic (exact) mass is 406 g/mol. The van der Waals surface area contributed by atoms with Gasteiger partial charge in [0.1, 0.15) is 5.52 Å². The quantitative estimate of drug-likeness (QED) is 0.603. The van der Waals surface area contributed by atoms with Crippen molar-refractivity contribution in [3.63, 3.8) is 0 Å². The molecule has 142 valence electrons. The zero-order chi connectivity index (χ0) is 19.6. The molecule has 0 aliphatic carbocycles. The number of rotatable bonds is 6. The number of para-hydroxylation sites is 2. The number of primary sulfonamides is 1. The summed E-state index contributed by atoms with van der Waals surface area (Å²) in [4.78, 5) is 18.3. The highest BCUT2D eigenvalue weighted by molar-refractivity contribution is 7.99. The van der Waals surface area contributed by atoms with Gasteiger partial charge in [-0.1, -0.05) is 23.9 Å². The van der Waals surface area contributed by atoms with E-state index in [2.05, 4.69) is 10.3 Å². The van der Waals surface area contributed by atoms with Gasteiger partial charge in [0, 0.05) is 14.1 Å². The molecular weight excluding hydrogens is 388 g/mol. The van der Waals surface area contributed by atoms with E-state index in [0.717, 1.165) is 17.3 Å². The Morgan fingerprint density at radius 2 is 2.00 bits per heavy atom. The molecule has 3 aromatic rings. The van der Waals surface area contributed by atoms with Crippen LogP contribution in [-0.4, -0.2) is 39.2 Å². The molecule has 1 aromatic heterocycles. The van der Waals surface area contributed by atoms with Crippen LogP contribution in [0.4, 0.5) is 11.4 Å². The number of hydrogen-bond donors (Lipinski definition) is 2. The van der Waals surface area contributed by atoms with Gasteiger partial charge in [-0.05, 0) is 30.3 Å². The highest BCUT2D eigenvalue weighted by Gasteiger charge is 2.15. The molecule has 27 heavy (non-hydrogen) atoms. The first kappa shape index (κ1) is 19.2. The predicted octanol–water partition coefficient (Wildman–Crippen LogP) is 2.27. The molecule has 1 amide bonds. The Balaban J connectivity index is 1.74. The van der Waals surface area contributed by atoms with Crippen LogP contribution in [0.25, 0.3) is 11.1 Å². The Bertz CT molecular complexity index is 1060. The maximum absolute atomic E-state index is 12.3. The number of aromatic nitrogens is 1. The SMILES string of the molecule is CN(C)c1ccc(S(N)(=O)=O)cc1NC(=O)CSc1nc2ccccc2o1. The third kappa shape index (κ3) is 4.59. The Labute approximate surface area is 160 Å². The van der Waals surface area contributed by atoms with Crippen LogP contribution in [0.2, 0.25) is 0 Å². The van der Waals surface area contributed by atoms with E-state index in [9.17, 15) is 13.2 Å². The van der Waals surface area contributed by atoms with E-state index in [1.54, 1.807) is 31.1 Å². The fourth-order valence-electron chi connectivity index (χ4n) is 2.41. The van der Waals surface area contributed by atoms with Gasteiger partial charge < -0.3 is 14.6 Å². The van der Waals surface area contributed by atoms with Gasteiger partial charge in [0.2, 0.25) is 15.9 Å². The van der Waals surface area contributed by atoms with Crippen molar-refractivity contribution in [2.75, 3.05) is 30.1 Å². The lowest BCUT2D eigenvalue weighted by molar-refractivity contribution is -0.113. The van der Waals surface area contributed by atoms with Crippen molar-refractivity contribution in [2.24, 2.45) is 5.14 Å². The maximum atomic E-state index is 12.3. The minimum atomic E-state index is -3.87. The Morgan fingerprint density at radius 1 is 1.26 bits per heavy atom. The van der Waals surface area contributed by atoms with Crippen molar-refractivity contribution in [1.29, 1.82) is 0 Å². The number of thioether (sulfide) groups is 1. The summed E-state index contributed by atoms with van der Waals surface area (Å²) in [7, 11) is -0.301. The van der Waals surface area contributed by atoms with Gasteiger partial charge in [-0.3, -0.25) is 4.79 Å². The Hall–Kier alpha value is -2.56. The van der Waals surface area contributed by atoms with Crippen molar-refractivity contribution in [3.05, 3.63) is 42.5 Å². The minimum absolute atomic E-state index is 0.0549. The summed E-state index contributed by atoms with van der Waals surface area (Å²) in [5.41, 5.74) is 2.38. The van der Waals surface area contributed by atoms with Crippen LogP contribution in [0.15, 0.2) is 57.0 Å². The van der Waals surface area contributed by atoms with Gasteiger partial charge >= 0.3 is 0 Å². The fraction of sp³-hybridized carbons (Fsp3) is 0.176. The standard InChI is InChI=1S/C17H18N4O4S2/c1-21(2)14-8-7-11(27(18,23)24)9-13(14)19-16(22)10-26-17-20-12-5-3-4-6-15(12)25-17/h3-9H,10H2,1-2H3,(H,19,22)(H2,18,23,24). The number of fused-ring (bicyclic) bond motifs is 1. The van der Waals surface area contributed by atoms with Crippen molar-refractivity contribution >= 4 is 50.2 Å². The normalized spacial score (nSPS) is 11.5. The number of oxazole rings is 1. The molecule has 2 aromatic carbocycles. The summed E-state index contributed by atoms with van der Waals surface area (Å²) < 4.78 is 28.7. The second-order valence-corrected chi connectivity index (χ2v) is 8.39. The van der Waals surface area contributed by atoms with Crippen LogP contribution in [0, 0.1) is 0 Å². The number of anilines is 2. The highest BCUT2D eigenvalue weighted by Crippen LogP contribution is 2.28. The third-order valence-corrected chi connectivity index (χ3v) is 5.39. The molecule has 10 heteroatoms. The number of nitrogens with one attached hydrogen (secondary N) is 1. The number of nitrogens with two attached hydrogens (primary N) is 1. The smallest absolute Gasteiger partial charge is 0.257 e. The number of benzene rings is 2. The van der Waals surface area contributed by atoms with Crippen molar-refractivity contribution < 1.29 is 17.6 Å². The van der Waals surface area contributed by atoms with Gasteiger partial charge in [-0.2, -0.15) is 0 Å². The summed E-state index contributed by atoms with van der Waals surface area (Å²) in [5.74, 6) is -0.267. The second-order valence-electron chi connectivity index (χ2n) is 5.90. The molecule has 0 atom stereocenters. The minimum Gasteiger partial charge on any atom is -0.431 e. The predicted molar refractivity (Wildman–Crippen MR) is 106 cm³/mol. The van der Waals surface area contributed by atoms with Crippen LogP contribution in [0.1, 0.15) is 0 Å². The lowest BCUT2D eigenvalue weighted by Crippen LogP contribution is -2.19. The average molecular weight is 406 g/mol. The molecule has 0 bridgehead atoms. The molecule has 3 rings (SSSR count). The number of carbonyl (C=O) groups excluding carboxylic acids is 1. The number of hydrogen-bond acceptors (Lipinski definition) is 7. The highest BCUT2D eigenvalue weighted by atomic mass is 32.2. The number of nitrogens with zero attached hydrogens (tertiary/aromatic N) is 2. The number of sulfonamides is 1. The molecule has 0 aliphatic rings. The van der Waals surface area contributed by atoms with E-state index in [0.29, 0.717) is 22.2 Å². The molecule has 0 radical (unpaired) electrons. The van der Waals surface area contributed by atoms with Crippen LogP contribution in [0.5, 0.6) is 0 Å². The zero-order valence-electron chi connectivity index (χ0n) is 14.7. The molecule has 1 heterocycles. The van der Waals surface area contributed by atoms with E-state index in [1.807, 2.05) is 18.2 Å². The summed E-state index contributed by atoms with van der Waals surface area (Å²) in [6.07, 6.45) is 0. The summed E-state index contributed by atoms with van der Waals surface area (Å²) in [5, 5.41) is 8.28. The van der Waals surface area contributed by atoms with Crippen LogP contribution in [-0.2, 0) is 14.8 Å². The molecule has 0 saturated carbocycles. The molecule has 0 saturated heterocycles. The first-order valence-electron chi connectivity index (χ1n) is 7.86. The van der Waals surface area contributed by atoms with E-state index in [1.165, 1.54) is 12.1 Å². The van der Waals surface area contributed by atoms with Crippen LogP contribution >= 0.6 is 11.8 Å². The first-order chi connectivity index (χ1) is 12.7. The topological polar surface area (TPSA) is 119 Å². The van der Waals surface area contributed by atoms with Gasteiger partial charge in [0.25, 0.3) is 5.22 Å². The van der Waals surface area contributed by atoms with Gasteiger partial charge in [0.15, 0.2) is 5.58 Å². The van der Waals surface area contributed by atoms with E-state index in [4.69, 9.17) is 9.56 Å². The van der Waals surface area contributed by atoms with E-state index in [-0.39, 0.29) is 16.6 Å². The fourth-order valence-corrected chi connectivity index (χ4v) is 3.59. The molecule has 8 nitrogen and oxygen atoms in total. The Morgan fingerprint density at radius 3 is 2.67 bits per heavy atom. The molecule has 0 aliphatic heterocycles. The van der Waals surface area contributed by atoms with Gasteiger partial charge in [-0.25, -0.2) is 18.5 Å². The second kappa shape index (κ2) is 7.59. The van der Waals surface area contributed by atoms with Crippen LogP contribution in [0.3, 0.4) is 0 Å². The van der Waals surface area contributed by atoms with E-state index < -0.39 is 10.0 Å². The number of amides is 1. The summed E-state index contributed by atoms with van der Waals surface area (Å²) in [6, 6.07) is 11.6. The van der Waals surface area contributed by atoms with Gasteiger partial charge in [0.05, 0.1) is 22.0 Å². The molecule has 0 unspecified atom stereocenters. The summed E-state index contributed by atoms with van der Waals surface area (Å²) >= 11 is 1.15. The third-order valence-electron chi connectivity index (χ3n) is 3.65. The number of carbonyl (C=O) groups is 1. The van der Waals surface area contributed by atoms with Gasteiger partial charge in [-0.15, -0.1) is 0 Å². The molecular formula is C17H18N4O4S2. The maximum Gasteiger partial charge on any atom is 0.257 e. The Kier molecular flexibility index (Phi) is 5.40. The average Bonchev–Trinajstić information content (AvgIpc) is 3.02. The van der Waals surface area contributed by atoms with Crippen molar-refractivity contribution in [3.8, 4) is 0 Å². The first-order valence-corrected chi connectivity index (χ1v) is 10.4. The molecule has 0 spiro atoms. The van der Waals surface area contributed by atoms with Crippen molar-refractivity contribution in [2.45, 2.75) is 10.1 Å². The molecule has 0 fully saturated rings. The van der Waals surface area contributed by atoms with E-state index >= 15 is 0 Å². The molecule has 3 N–H and O–H groups in total. The lowest BCUT2D eigenvalue weighted by Gasteiger charge is -2.18. The van der Waals surface area contributed by atoms with Crippen molar-refractivity contribution in [1.82, 2.24) is 4.98 Å².